The van der Waals surface area contributed by atoms with Crippen molar-refractivity contribution < 1.29 is 4.21 Å². The van der Waals surface area contributed by atoms with Crippen molar-refractivity contribution in [1.82, 2.24) is 4.57 Å². The van der Waals surface area contributed by atoms with Crippen LogP contribution in [0.2, 0.25) is 0 Å². The second-order valence-electron chi connectivity index (χ2n) is 4.71. The third-order valence-electron chi connectivity index (χ3n) is 3.38. The SMILES string of the molecule is CC(CCn1c(N)cc2ccccc2c1=O)S(C)=O. The maximum atomic E-state index is 12.3. The number of rotatable bonds is 4. The van der Waals surface area contributed by atoms with Gasteiger partial charge in [0.1, 0.15) is 5.82 Å². The third kappa shape index (κ3) is 2.87. The highest BCUT2D eigenvalue weighted by atomic mass is 32.2. The van der Waals surface area contributed by atoms with Gasteiger partial charge in [0.25, 0.3) is 5.56 Å². The Morgan fingerprint density at radius 1 is 1.37 bits per heavy atom. The summed E-state index contributed by atoms with van der Waals surface area (Å²) in [7, 11) is -0.881. The number of pyridine rings is 1. The summed E-state index contributed by atoms with van der Waals surface area (Å²) in [4.78, 5) is 12.3. The molecule has 19 heavy (non-hydrogen) atoms. The average molecular weight is 278 g/mol. The van der Waals surface area contributed by atoms with Crippen LogP contribution in [0, 0.1) is 0 Å². The Hall–Kier alpha value is -1.62. The fourth-order valence-electron chi connectivity index (χ4n) is 2.03. The summed E-state index contributed by atoms with van der Waals surface area (Å²) < 4.78 is 12.9. The van der Waals surface area contributed by atoms with Gasteiger partial charge >= 0.3 is 0 Å². The maximum absolute atomic E-state index is 12.3. The predicted octanol–water partition coefficient (Wildman–Crippen LogP) is 1.74. The highest BCUT2D eigenvalue weighted by Gasteiger charge is 2.10. The summed E-state index contributed by atoms with van der Waals surface area (Å²) in [5.74, 6) is 0.456. The Balaban J connectivity index is 2.38. The first-order chi connectivity index (χ1) is 9.00. The van der Waals surface area contributed by atoms with Crippen LogP contribution in [0.1, 0.15) is 13.3 Å². The van der Waals surface area contributed by atoms with Crippen molar-refractivity contribution in [2.24, 2.45) is 0 Å². The van der Waals surface area contributed by atoms with Crippen molar-refractivity contribution in [2.45, 2.75) is 25.1 Å². The van der Waals surface area contributed by atoms with Crippen molar-refractivity contribution in [3.63, 3.8) is 0 Å². The van der Waals surface area contributed by atoms with Crippen molar-refractivity contribution in [2.75, 3.05) is 12.0 Å². The number of hydrogen-bond acceptors (Lipinski definition) is 3. The zero-order valence-electron chi connectivity index (χ0n) is 11.1. The van der Waals surface area contributed by atoms with Crippen LogP contribution in [0.5, 0.6) is 0 Å². The third-order valence-corrected chi connectivity index (χ3v) is 4.75. The summed E-state index contributed by atoms with van der Waals surface area (Å²) in [5.41, 5.74) is 5.86. The number of fused-ring (bicyclic) bond motifs is 1. The van der Waals surface area contributed by atoms with E-state index in [0.29, 0.717) is 24.2 Å². The molecule has 0 saturated heterocycles. The van der Waals surface area contributed by atoms with Crippen molar-refractivity contribution in [3.8, 4) is 0 Å². The van der Waals surface area contributed by atoms with E-state index in [9.17, 15) is 9.00 Å². The lowest BCUT2D eigenvalue weighted by Crippen LogP contribution is -2.25. The molecule has 0 radical (unpaired) electrons. The molecule has 0 aliphatic carbocycles. The first-order valence-electron chi connectivity index (χ1n) is 6.21. The van der Waals surface area contributed by atoms with E-state index in [-0.39, 0.29) is 10.8 Å². The van der Waals surface area contributed by atoms with Crippen LogP contribution in [0.3, 0.4) is 0 Å². The van der Waals surface area contributed by atoms with Crippen LogP contribution in [-0.2, 0) is 17.3 Å². The Labute approximate surface area is 114 Å². The molecule has 0 amide bonds. The number of nitrogens with two attached hydrogens (primary N) is 1. The minimum Gasteiger partial charge on any atom is -0.385 e. The molecule has 2 rings (SSSR count). The lowest BCUT2D eigenvalue weighted by Gasteiger charge is -2.13. The molecule has 1 aromatic carbocycles. The van der Waals surface area contributed by atoms with E-state index in [1.165, 1.54) is 0 Å². The van der Waals surface area contributed by atoms with Gasteiger partial charge in [-0.15, -0.1) is 0 Å². The molecule has 0 aliphatic rings. The molecular weight excluding hydrogens is 260 g/mol. The van der Waals surface area contributed by atoms with E-state index in [0.717, 1.165) is 5.39 Å². The van der Waals surface area contributed by atoms with Gasteiger partial charge in [0.15, 0.2) is 0 Å². The Morgan fingerprint density at radius 3 is 2.74 bits per heavy atom. The molecular formula is C14H18N2O2S. The van der Waals surface area contributed by atoms with E-state index in [1.54, 1.807) is 16.9 Å². The van der Waals surface area contributed by atoms with Crippen molar-refractivity contribution >= 4 is 27.4 Å². The molecule has 2 atom stereocenters. The normalized spacial score (nSPS) is 14.4. The fraction of sp³-hybridized carbons (Fsp3) is 0.357. The van der Waals surface area contributed by atoms with Gasteiger partial charge in [0.2, 0.25) is 0 Å². The zero-order chi connectivity index (χ0) is 14.0. The molecule has 5 heteroatoms. The molecule has 1 aromatic heterocycles. The highest BCUT2D eigenvalue weighted by molar-refractivity contribution is 7.84. The molecule has 2 N–H and O–H groups in total. The van der Waals surface area contributed by atoms with Crippen LogP contribution in [-0.4, -0.2) is 20.3 Å². The second-order valence-corrected chi connectivity index (χ2v) is 6.51. The first-order valence-corrected chi connectivity index (χ1v) is 7.83. The monoisotopic (exact) mass is 278 g/mol. The summed E-state index contributed by atoms with van der Waals surface area (Å²) in [5, 5.41) is 1.58. The predicted molar refractivity (Wildman–Crippen MR) is 80.8 cm³/mol. The number of benzene rings is 1. The van der Waals surface area contributed by atoms with Gasteiger partial charge in [-0.2, -0.15) is 0 Å². The summed E-state index contributed by atoms with van der Waals surface area (Å²) >= 11 is 0. The van der Waals surface area contributed by atoms with E-state index in [2.05, 4.69) is 0 Å². The first kappa shape index (κ1) is 13.8. The Bertz CT molecular complexity index is 679. The number of hydrogen-bond donors (Lipinski definition) is 1. The van der Waals surface area contributed by atoms with E-state index in [4.69, 9.17) is 5.73 Å². The molecule has 0 spiro atoms. The van der Waals surface area contributed by atoms with Gasteiger partial charge in [0.05, 0.1) is 0 Å². The fourth-order valence-corrected chi connectivity index (χ4v) is 2.46. The summed E-state index contributed by atoms with van der Waals surface area (Å²) in [6.45, 7) is 2.41. The van der Waals surface area contributed by atoms with Crippen molar-refractivity contribution in [3.05, 3.63) is 40.7 Å². The van der Waals surface area contributed by atoms with Crippen molar-refractivity contribution in [1.29, 1.82) is 0 Å². The minimum absolute atomic E-state index is 0.0535. The molecule has 0 saturated carbocycles. The standard InChI is InChI=1S/C14H18N2O2S/c1-10(19(2)18)7-8-16-13(15)9-11-5-3-4-6-12(11)14(16)17/h3-6,9-10H,7-8,15H2,1-2H3. The van der Waals surface area contributed by atoms with Gasteiger partial charge in [-0.25, -0.2) is 0 Å². The Morgan fingerprint density at radius 2 is 2.05 bits per heavy atom. The van der Waals surface area contributed by atoms with Gasteiger partial charge in [-0.3, -0.25) is 13.6 Å². The topological polar surface area (TPSA) is 65.1 Å². The molecule has 0 bridgehead atoms. The van der Waals surface area contributed by atoms with E-state index in [1.807, 2.05) is 31.2 Å². The van der Waals surface area contributed by atoms with Gasteiger partial charge in [0, 0.05) is 34.2 Å². The minimum atomic E-state index is -0.881. The maximum Gasteiger partial charge on any atom is 0.259 e. The van der Waals surface area contributed by atoms with Crippen LogP contribution in [0.15, 0.2) is 35.1 Å². The largest absolute Gasteiger partial charge is 0.385 e. The smallest absolute Gasteiger partial charge is 0.259 e. The van der Waals surface area contributed by atoms with Crippen LogP contribution < -0.4 is 11.3 Å². The molecule has 102 valence electrons. The molecule has 1 heterocycles. The lowest BCUT2D eigenvalue weighted by atomic mass is 10.1. The number of nitrogen functional groups attached to an aromatic ring is 1. The molecule has 0 fully saturated rings. The van der Waals surface area contributed by atoms with Gasteiger partial charge in [-0.1, -0.05) is 25.1 Å². The second kappa shape index (κ2) is 5.57. The number of anilines is 1. The molecule has 2 unspecified atom stereocenters. The molecule has 0 aliphatic heterocycles. The quantitative estimate of drug-likeness (QED) is 0.926. The lowest BCUT2D eigenvalue weighted by molar-refractivity contribution is 0.614. The Kier molecular flexibility index (Phi) is 4.04. The number of nitrogens with zero attached hydrogens (tertiary/aromatic N) is 1. The van der Waals surface area contributed by atoms with Gasteiger partial charge < -0.3 is 5.73 Å². The summed E-state index contributed by atoms with van der Waals surface area (Å²) in [6.07, 6.45) is 2.35. The summed E-state index contributed by atoms with van der Waals surface area (Å²) in [6, 6.07) is 9.21. The van der Waals surface area contributed by atoms with Gasteiger partial charge in [-0.05, 0) is 23.9 Å². The zero-order valence-corrected chi connectivity index (χ0v) is 11.9. The average Bonchev–Trinajstić information content (AvgIpc) is 2.38. The highest BCUT2D eigenvalue weighted by Crippen LogP contribution is 2.14. The van der Waals surface area contributed by atoms with Crippen LogP contribution >= 0.6 is 0 Å². The van der Waals surface area contributed by atoms with E-state index < -0.39 is 10.8 Å². The molecule has 4 nitrogen and oxygen atoms in total. The number of aromatic nitrogens is 1. The van der Waals surface area contributed by atoms with E-state index >= 15 is 0 Å². The van der Waals surface area contributed by atoms with Crippen LogP contribution in [0.4, 0.5) is 5.82 Å². The molecule has 2 aromatic rings. The van der Waals surface area contributed by atoms with Crippen LogP contribution in [0.25, 0.3) is 10.8 Å².